The quantitative estimate of drug-likeness (QED) is 0.912. The van der Waals surface area contributed by atoms with Crippen molar-refractivity contribution < 1.29 is 4.79 Å². The molecule has 1 aromatic heterocycles. The van der Waals surface area contributed by atoms with E-state index in [0.29, 0.717) is 11.6 Å². The molecular formula is C17H21N3OS. The number of nitrogens with zero attached hydrogens (tertiary/aromatic N) is 1. The first-order chi connectivity index (χ1) is 10.6. The van der Waals surface area contributed by atoms with E-state index in [2.05, 4.69) is 53.7 Å². The molecule has 1 fully saturated rings. The van der Waals surface area contributed by atoms with Crippen molar-refractivity contribution in [1.82, 2.24) is 15.6 Å². The van der Waals surface area contributed by atoms with E-state index in [1.807, 2.05) is 5.38 Å². The van der Waals surface area contributed by atoms with E-state index in [1.54, 1.807) is 0 Å². The Kier molecular flexibility index (Phi) is 4.55. The predicted octanol–water partition coefficient (Wildman–Crippen LogP) is 3.03. The van der Waals surface area contributed by atoms with Gasteiger partial charge in [0.15, 0.2) is 0 Å². The van der Waals surface area contributed by atoms with Crippen LogP contribution in [0.15, 0.2) is 29.6 Å². The number of hydrogen-bond donors (Lipinski definition) is 2. The minimum absolute atomic E-state index is 0.0741. The summed E-state index contributed by atoms with van der Waals surface area (Å²) < 4.78 is 0. The molecular weight excluding hydrogens is 294 g/mol. The van der Waals surface area contributed by atoms with Gasteiger partial charge in [0.1, 0.15) is 10.7 Å². The van der Waals surface area contributed by atoms with Crippen LogP contribution in [0.3, 0.4) is 0 Å². The standard InChI is InChI=1S/C17H21N3OS/c1-11(2)12-3-5-13(6-4-12)17-20-15(10-22-17)16(21)19-14-7-8-18-9-14/h3-6,10-11,14,18H,7-9H2,1-2H3,(H,19,21). The van der Waals surface area contributed by atoms with Crippen LogP contribution in [0.25, 0.3) is 10.6 Å². The Morgan fingerprint density at radius 2 is 2.14 bits per heavy atom. The highest BCUT2D eigenvalue weighted by molar-refractivity contribution is 7.13. The molecule has 0 radical (unpaired) electrons. The van der Waals surface area contributed by atoms with Gasteiger partial charge in [-0.3, -0.25) is 4.79 Å². The van der Waals surface area contributed by atoms with Gasteiger partial charge in [-0.15, -0.1) is 11.3 Å². The van der Waals surface area contributed by atoms with Gasteiger partial charge < -0.3 is 10.6 Å². The SMILES string of the molecule is CC(C)c1ccc(-c2nc(C(=O)NC3CCNC3)cs2)cc1. The summed E-state index contributed by atoms with van der Waals surface area (Å²) in [6.45, 7) is 6.17. The first kappa shape index (κ1) is 15.2. The highest BCUT2D eigenvalue weighted by Crippen LogP contribution is 2.25. The van der Waals surface area contributed by atoms with Crippen molar-refractivity contribution in [2.75, 3.05) is 13.1 Å². The zero-order chi connectivity index (χ0) is 15.5. The maximum atomic E-state index is 12.2. The molecule has 0 aliphatic carbocycles. The smallest absolute Gasteiger partial charge is 0.271 e. The van der Waals surface area contributed by atoms with E-state index in [1.165, 1.54) is 16.9 Å². The number of carbonyl (C=O) groups is 1. The molecule has 2 aromatic rings. The van der Waals surface area contributed by atoms with Crippen LogP contribution in [0.2, 0.25) is 0 Å². The largest absolute Gasteiger partial charge is 0.347 e. The average molecular weight is 315 g/mol. The molecule has 1 aliphatic heterocycles. The van der Waals surface area contributed by atoms with E-state index in [0.717, 1.165) is 30.1 Å². The van der Waals surface area contributed by atoms with Crippen molar-refractivity contribution in [3.8, 4) is 10.6 Å². The minimum atomic E-state index is -0.0741. The fourth-order valence-electron chi connectivity index (χ4n) is 2.56. The van der Waals surface area contributed by atoms with Gasteiger partial charge in [0.05, 0.1) is 0 Å². The molecule has 1 atom stereocenters. The van der Waals surface area contributed by atoms with Gasteiger partial charge in [0.2, 0.25) is 0 Å². The first-order valence-corrected chi connectivity index (χ1v) is 8.59. The van der Waals surface area contributed by atoms with E-state index in [9.17, 15) is 4.79 Å². The van der Waals surface area contributed by atoms with Crippen LogP contribution >= 0.6 is 11.3 Å². The molecule has 2 N–H and O–H groups in total. The number of aromatic nitrogens is 1. The highest BCUT2D eigenvalue weighted by Gasteiger charge is 2.19. The highest BCUT2D eigenvalue weighted by atomic mass is 32.1. The monoisotopic (exact) mass is 315 g/mol. The third kappa shape index (κ3) is 3.36. The summed E-state index contributed by atoms with van der Waals surface area (Å²) in [5, 5.41) is 9.00. The van der Waals surface area contributed by atoms with E-state index < -0.39 is 0 Å². The van der Waals surface area contributed by atoms with Gasteiger partial charge in [0.25, 0.3) is 5.91 Å². The second-order valence-corrected chi connectivity index (χ2v) is 6.84. The normalized spacial score (nSPS) is 17.9. The van der Waals surface area contributed by atoms with Crippen LogP contribution in [-0.2, 0) is 0 Å². The molecule has 5 heteroatoms. The summed E-state index contributed by atoms with van der Waals surface area (Å²) >= 11 is 1.52. The summed E-state index contributed by atoms with van der Waals surface area (Å²) in [6.07, 6.45) is 0.986. The lowest BCUT2D eigenvalue weighted by Gasteiger charge is -2.09. The molecule has 0 saturated carbocycles. The molecule has 3 rings (SSSR count). The fourth-order valence-corrected chi connectivity index (χ4v) is 3.36. The molecule has 0 spiro atoms. The number of benzene rings is 1. The molecule has 1 aliphatic rings. The van der Waals surface area contributed by atoms with Gasteiger partial charge in [-0.05, 0) is 24.4 Å². The number of nitrogens with one attached hydrogen (secondary N) is 2. The van der Waals surface area contributed by atoms with E-state index in [4.69, 9.17) is 0 Å². The number of carbonyl (C=O) groups excluding carboxylic acids is 1. The van der Waals surface area contributed by atoms with Gasteiger partial charge in [0, 0.05) is 23.5 Å². The minimum Gasteiger partial charge on any atom is -0.347 e. The number of hydrogen-bond acceptors (Lipinski definition) is 4. The first-order valence-electron chi connectivity index (χ1n) is 7.71. The molecule has 0 bridgehead atoms. The average Bonchev–Trinajstić information content (AvgIpc) is 3.18. The summed E-state index contributed by atoms with van der Waals surface area (Å²) in [5.74, 6) is 0.446. The second kappa shape index (κ2) is 6.58. The molecule has 2 heterocycles. The second-order valence-electron chi connectivity index (χ2n) is 5.98. The van der Waals surface area contributed by atoms with Crippen molar-refractivity contribution in [2.24, 2.45) is 0 Å². The van der Waals surface area contributed by atoms with Crippen LogP contribution < -0.4 is 10.6 Å². The summed E-state index contributed by atoms with van der Waals surface area (Å²) in [4.78, 5) is 16.7. The van der Waals surface area contributed by atoms with Crippen LogP contribution in [0, 0.1) is 0 Å². The van der Waals surface area contributed by atoms with Crippen LogP contribution in [-0.4, -0.2) is 30.0 Å². The molecule has 22 heavy (non-hydrogen) atoms. The van der Waals surface area contributed by atoms with Gasteiger partial charge >= 0.3 is 0 Å². The van der Waals surface area contributed by atoms with E-state index >= 15 is 0 Å². The van der Waals surface area contributed by atoms with Crippen LogP contribution in [0.4, 0.5) is 0 Å². The Labute approximate surface area is 135 Å². The number of rotatable bonds is 4. The third-order valence-corrected chi connectivity index (χ3v) is 4.85. The molecule has 1 saturated heterocycles. The topological polar surface area (TPSA) is 54.0 Å². The van der Waals surface area contributed by atoms with Crippen LogP contribution in [0.5, 0.6) is 0 Å². The van der Waals surface area contributed by atoms with Crippen molar-refractivity contribution >= 4 is 17.2 Å². The van der Waals surface area contributed by atoms with Crippen LogP contribution in [0.1, 0.15) is 42.2 Å². The van der Waals surface area contributed by atoms with Gasteiger partial charge in [-0.1, -0.05) is 38.1 Å². The maximum Gasteiger partial charge on any atom is 0.271 e. The zero-order valence-electron chi connectivity index (χ0n) is 12.9. The fraction of sp³-hybridized carbons (Fsp3) is 0.412. The zero-order valence-corrected chi connectivity index (χ0v) is 13.7. The van der Waals surface area contributed by atoms with Gasteiger partial charge in [-0.25, -0.2) is 4.98 Å². The summed E-state index contributed by atoms with van der Waals surface area (Å²) in [5.41, 5.74) is 2.89. The Hall–Kier alpha value is -1.72. The third-order valence-electron chi connectivity index (χ3n) is 3.96. The van der Waals surface area contributed by atoms with Crippen molar-refractivity contribution in [2.45, 2.75) is 32.2 Å². The Morgan fingerprint density at radius 1 is 1.36 bits per heavy atom. The lowest BCUT2D eigenvalue weighted by Crippen LogP contribution is -2.36. The molecule has 1 unspecified atom stereocenters. The Balaban J connectivity index is 1.71. The Bertz CT molecular complexity index is 642. The number of amides is 1. The van der Waals surface area contributed by atoms with E-state index in [-0.39, 0.29) is 11.9 Å². The predicted molar refractivity (Wildman–Crippen MR) is 90.4 cm³/mol. The van der Waals surface area contributed by atoms with Crippen molar-refractivity contribution in [3.05, 3.63) is 40.9 Å². The molecule has 1 aromatic carbocycles. The molecule has 4 nitrogen and oxygen atoms in total. The number of thiazole rings is 1. The summed E-state index contributed by atoms with van der Waals surface area (Å²) in [6, 6.07) is 8.65. The van der Waals surface area contributed by atoms with Crippen molar-refractivity contribution in [1.29, 1.82) is 0 Å². The maximum absolute atomic E-state index is 12.2. The molecule has 1 amide bonds. The lowest BCUT2D eigenvalue weighted by molar-refractivity contribution is 0.0936. The Morgan fingerprint density at radius 3 is 2.77 bits per heavy atom. The summed E-state index contributed by atoms with van der Waals surface area (Å²) in [7, 11) is 0. The van der Waals surface area contributed by atoms with Gasteiger partial charge in [-0.2, -0.15) is 0 Å². The lowest BCUT2D eigenvalue weighted by atomic mass is 10.0. The molecule has 116 valence electrons. The van der Waals surface area contributed by atoms with Crippen molar-refractivity contribution in [3.63, 3.8) is 0 Å².